The molecule has 1 aromatic rings. The molecule has 1 aromatic heterocycles. The van der Waals surface area contributed by atoms with Gasteiger partial charge in [-0.25, -0.2) is 4.98 Å². The number of hydrogen-bond donors (Lipinski definition) is 1. The maximum absolute atomic E-state index is 6.04. The van der Waals surface area contributed by atoms with Gasteiger partial charge in [0.2, 0.25) is 5.89 Å². The van der Waals surface area contributed by atoms with E-state index in [9.17, 15) is 0 Å². The predicted molar refractivity (Wildman–Crippen MR) is 45.6 cm³/mol. The Hall–Kier alpha value is -0.830. The number of oxazole rings is 1. The fourth-order valence-electron chi connectivity index (χ4n) is 1.47. The van der Waals surface area contributed by atoms with Crippen LogP contribution in [0, 0.1) is 0 Å². The van der Waals surface area contributed by atoms with E-state index in [4.69, 9.17) is 10.2 Å². The first-order valence-electron chi connectivity index (χ1n) is 4.48. The first-order chi connectivity index (χ1) is 5.74. The number of nitrogens with two attached hydrogens (primary N) is 1. The van der Waals surface area contributed by atoms with Crippen LogP contribution in [0.1, 0.15) is 37.8 Å². The van der Waals surface area contributed by atoms with Gasteiger partial charge in [0.15, 0.2) is 0 Å². The van der Waals surface area contributed by atoms with Crippen molar-refractivity contribution in [2.24, 2.45) is 5.73 Å². The molecule has 0 radical (unpaired) electrons. The zero-order chi connectivity index (χ0) is 8.60. The highest BCUT2D eigenvalue weighted by molar-refractivity contribution is 5.09. The van der Waals surface area contributed by atoms with E-state index < -0.39 is 0 Å². The quantitative estimate of drug-likeness (QED) is 0.725. The largest absolute Gasteiger partial charge is 0.447 e. The van der Waals surface area contributed by atoms with Crippen LogP contribution < -0.4 is 5.73 Å². The minimum Gasteiger partial charge on any atom is -0.447 e. The lowest BCUT2D eigenvalue weighted by Gasteiger charge is -2.34. The van der Waals surface area contributed by atoms with Crippen molar-refractivity contribution in [3.63, 3.8) is 0 Å². The van der Waals surface area contributed by atoms with Gasteiger partial charge in [0, 0.05) is 0 Å². The molecule has 1 fully saturated rings. The Morgan fingerprint density at radius 2 is 2.42 bits per heavy atom. The van der Waals surface area contributed by atoms with Crippen molar-refractivity contribution in [3.8, 4) is 0 Å². The maximum Gasteiger partial charge on any atom is 0.214 e. The summed E-state index contributed by atoms with van der Waals surface area (Å²) in [6.45, 7) is 2.06. The monoisotopic (exact) mass is 166 g/mol. The molecule has 3 nitrogen and oxygen atoms in total. The van der Waals surface area contributed by atoms with E-state index >= 15 is 0 Å². The SMILES string of the molecule is CCc1coc(C2(N)CCC2)n1. The van der Waals surface area contributed by atoms with Gasteiger partial charge in [0.05, 0.1) is 11.2 Å². The van der Waals surface area contributed by atoms with Crippen molar-refractivity contribution < 1.29 is 4.42 Å². The fourth-order valence-corrected chi connectivity index (χ4v) is 1.47. The second kappa shape index (κ2) is 2.59. The molecule has 0 aliphatic heterocycles. The average Bonchev–Trinajstić information content (AvgIpc) is 2.48. The molecule has 0 aromatic carbocycles. The molecule has 12 heavy (non-hydrogen) atoms. The molecule has 3 heteroatoms. The maximum atomic E-state index is 6.04. The molecule has 0 amide bonds. The first kappa shape index (κ1) is 7.80. The van der Waals surface area contributed by atoms with E-state index in [0.717, 1.165) is 30.8 Å². The second-order valence-electron chi connectivity index (χ2n) is 3.51. The Morgan fingerprint density at radius 3 is 2.83 bits per heavy atom. The standard InChI is InChI=1S/C9H14N2O/c1-2-7-6-12-8(11-7)9(10)4-3-5-9/h6H,2-5,10H2,1H3. The van der Waals surface area contributed by atoms with Crippen LogP contribution in [0.3, 0.4) is 0 Å². The molecule has 1 aliphatic rings. The summed E-state index contributed by atoms with van der Waals surface area (Å²) >= 11 is 0. The minimum atomic E-state index is -0.243. The molecule has 1 saturated carbocycles. The Balaban J connectivity index is 2.22. The van der Waals surface area contributed by atoms with Gasteiger partial charge in [-0.3, -0.25) is 0 Å². The summed E-state index contributed by atoms with van der Waals surface area (Å²) in [4.78, 5) is 4.33. The smallest absolute Gasteiger partial charge is 0.214 e. The summed E-state index contributed by atoms with van der Waals surface area (Å²) in [5, 5.41) is 0. The molecule has 0 spiro atoms. The molecule has 0 saturated heterocycles. The van der Waals surface area contributed by atoms with Crippen LogP contribution in [0.5, 0.6) is 0 Å². The van der Waals surface area contributed by atoms with Crippen molar-refractivity contribution in [1.29, 1.82) is 0 Å². The summed E-state index contributed by atoms with van der Waals surface area (Å²) in [6.07, 6.45) is 5.84. The van der Waals surface area contributed by atoms with E-state index in [1.807, 2.05) is 0 Å². The van der Waals surface area contributed by atoms with Crippen molar-refractivity contribution in [2.45, 2.75) is 38.1 Å². The highest BCUT2D eigenvalue weighted by Crippen LogP contribution is 2.37. The molecule has 1 heterocycles. The van der Waals surface area contributed by atoms with E-state index in [1.165, 1.54) is 6.42 Å². The third kappa shape index (κ3) is 1.05. The summed E-state index contributed by atoms with van der Waals surface area (Å²) in [7, 11) is 0. The van der Waals surface area contributed by atoms with Gasteiger partial charge in [0.25, 0.3) is 0 Å². The Labute approximate surface area is 72.0 Å². The molecular formula is C9H14N2O. The Morgan fingerprint density at radius 1 is 1.67 bits per heavy atom. The number of hydrogen-bond acceptors (Lipinski definition) is 3. The van der Waals surface area contributed by atoms with Crippen LogP contribution in [-0.2, 0) is 12.0 Å². The van der Waals surface area contributed by atoms with Gasteiger partial charge < -0.3 is 10.2 Å². The van der Waals surface area contributed by atoms with Gasteiger partial charge in [-0.2, -0.15) is 0 Å². The number of rotatable bonds is 2. The molecule has 0 unspecified atom stereocenters. The van der Waals surface area contributed by atoms with Crippen LogP contribution >= 0.6 is 0 Å². The van der Waals surface area contributed by atoms with Crippen molar-refractivity contribution in [2.75, 3.05) is 0 Å². The number of aryl methyl sites for hydroxylation is 1. The summed E-state index contributed by atoms with van der Waals surface area (Å²) in [5.41, 5.74) is 6.79. The normalized spacial score (nSPS) is 20.5. The second-order valence-corrected chi connectivity index (χ2v) is 3.51. The van der Waals surface area contributed by atoms with Gasteiger partial charge in [-0.15, -0.1) is 0 Å². The minimum absolute atomic E-state index is 0.243. The third-order valence-corrected chi connectivity index (χ3v) is 2.59. The average molecular weight is 166 g/mol. The summed E-state index contributed by atoms with van der Waals surface area (Å²) in [5.74, 6) is 0.727. The van der Waals surface area contributed by atoms with E-state index in [2.05, 4.69) is 11.9 Å². The summed E-state index contributed by atoms with van der Waals surface area (Å²) < 4.78 is 5.33. The topological polar surface area (TPSA) is 52.0 Å². The van der Waals surface area contributed by atoms with Crippen molar-refractivity contribution in [1.82, 2.24) is 4.98 Å². The highest BCUT2D eigenvalue weighted by Gasteiger charge is 2.38. The van der Waals surface area contributed by atoms with Crippen molar-refractivity contribution >= 4 is 0 Å². The van der Waals surface area contributed by atoms with E-state index in [0.29, 0.717) is 0 Å². The van der Waals surface area contributed by atoms with Crippen LogP contribution in [0.25, 0.3) is 0 Å². The number of nitrogens with zero attached hydrogens (tertiary/aromatic N) is 1. The highest BCUT2D eigenvalue weighted by atomic mass is 16.3. The zero-order valence-electron chi connectivity index (χ0n) is 7.34. The lowest BCUT2D eigenvalue weighted by molar-refractivity contribution is 0.198. The van der Waals surface area contributed by atoms with Crippen LogP contribution in [0.15, 0.2) is 10.7 Å². The van der Waals surface area contributed by atoms with E-state index in [1.54, 1.807) is 6.26 Å². The zero-order valence-corrected chi connectivity index (χ0v) is 7.34. The molecule has 0 atom stereocenters. The van der Waals surface area contributed by atoms with Gasteiger partial charge in [-0.05, 0) is 25.7 Å². The van der Waals surface area contributed by atoms with Crippen LogP contribution in [0.2, 0.25) is 0 Å². The molecule has 1 aliphatic carbocycles. The van der Waals surface area contributed by atoms with Crippen molar-refractivity contribution in [3.05, 3.63) is 17.8 Å². The first-order valence-corrected chi connectivity index (χ1v) is 4.48. The number of aromatic nitrogens is 1. The molecule has 2 rings (SSSR count). The Kier molecular flexibility index (Phi) is 1.68. The molecule has 0 bridgehead atoms. The fraction of sp³-hybridized carbons (Fsp3) is 0.667. The lowest BCUT2D eigenvalue weighted by atomic mass is 9.78. The van der Waals surface area contributed by atoms with Gasteiger partial charge >= 0.3 is 0 Å². The molecular weight excluding hydrogens is 152 g/mol. The van der Waals surface area contributed by atoms with Crippen LogP contribution in [-0.4, -0.2) is 4.98 Å². The molecule has 66 valence electrons. The summed E-state index contributed by atoms with van der Waals surface area (Å²) in [6, 6.07) is 0. The molecule has 2 N–H and O–H groups in total. The Bertz CT molecular complexity index is 276. The van der Waals surface area contributed by atoms with Crippen LogP contribution in [0.4, 0.5) is 0 Å². The predicted octanol–water partition coefficient (Wildman–Crippen LogP) is 1.57. The third-order valence-electron chi connectivity index (χ3n) is 2.59. The van der Waals surface area contributed by atoms with E-state index in [-0.39, 0.29) is 5.54 Å². The van der Waals surface area contributed by atoms with Gasteiger partial charge in [-0.1, -0.05) is 6.92 Å². The lowest BCUT2D eigenvalue weighted by Crippen LogP contribution is -2.43. The van der Waals surface area contributed by atoms with Gasteiger partial charge in [0.1, 0.15) is 6.26 Å².